The highest BCUT2D eigenvalue weighted by Gasteiger charge is 2.20. The average molecular weight is 259 g/mol. The number of hydrogen-bond donors (Lipinski definition) is 2. The highest BCUT2D eigenvalue weighted by atomic mass is 35.5. The van der Waals surface area contributed by atoms with Gasteiger partial charge in [-0.1, -0.05) is 11.6 Å². The molecule has 0 radical (unpaired) electrons. The quantitative estimate of drug-likeness (QED) is 0.855. The maximum absolute atomic E-state index is 11.9. The van der Waals surface area contributed by atoms with Crippen molar-refractivity contribution in [2.24, 2.45) is 0 Å². The fourth-order valence-corrected chi connectivity index (χ4v) is 2.90. The van der Waals surface area contributed by atoms with Crippen molar-refractivity contribution in [3.8, 4) is 0 Å². The Morgan fingerprint density at radius 2 is 2.44 bits per heavy atom. The van der Waals surface area contributed by atoms with Gasteiger partial charge in [0.1, 0.15) is 0 Å². The molecule has 16 heavy (non-hydrogen) atoms. The highest BCUT2D eigenvalue weighted by molar-refractivity contribution is 7.17. The number of thiophene rings is 1. The van der Waals surface area contributed by atoms with E-state index in [0.717, 1.165) is 19.4 Å². The Bertz CT molecular complexity index is 380. The second kappa shape index (κ2) is 5.17. The third kappa shape index (κ3) is 2.97. The van der Waals surface area contributed by atoms with E-state index in [9.17, 15) is 4.79 Å². The zero-order valence-corrected chi connectivity index (χ0v) is 10.7. The van der Waals surface area contributed by atoms with Crippen molar-refractivity contribution in [2.45, 2.75) is 31.8 Å². The summed E-state index contributed by atoms with van der Waals surface area (Å²) in [7, 11) is 0. The van der Waals surface area contributed by atoms with Crippen molar-refractivity contribution < 1.29 is 4.79 Å². The minimum absolute atomic E-state index is 0.00370. The molecule has 5 heteroatoms. The van der Waals surface area contributed by atoms with Crippen LogP contribution < -0.4 is 10.6 Å². The van der Waals surface area contributed by atoms with Crippen molar-refractivity contribution in [1.82, 2.24) is 10.6 Å². The summed E-state index contributed by atoms with van der Waals surface area (Å²) >= 11 is 7.12. The summed E-state index contributed by atoms with van der Waals surface area (Å²) in [5.41, 5.74) is 0. The monoisotopic (exact) mass is 258 g/mol. The van der Waals surface area contributed by atoms with E-state index in [1.807, 2.05) is 0 Å². The molecule has 1 aromatic heterocycles. The van der Waals surface area contributed by atoms with Crippen molar-refractivity contribution in [2.75, 3.05) is 6.54 Å². The fourth-order valence-electron chi connectivity index (χ4n) is 1.96. The third-order valence-electron chi connectivity index (χ3n) is 2.76. The van der Waals surface area contributed by atoms with E-state index >= 15 is 0 Å². The van der Waals surface area contributed by atoms with E-state index in [4.69, 9.17) is 11.6 Å². The van der Waals surface area contributed by atoms with Crippen LogP contribution in [0.4, 0.5) is 0 Å². The van der Waals surface area contributed by atoms with Gasteiger partial charge in [-0.05, 0) is 38.4 Å². The van der Waals surface area contributed by atoms with Crippen LogP contribution >= 0.6 is 22.9 Å². The fraction of sp³-hybridized carbons (Fsp3) is 0.545. The van der Waals surface area contributed by atoms with Gasteiger partial charge in [-0.3, -0.25) is 4.79 Å². The maximum Gasteiger partial charge on any atom is 0.261 e. The molecule has 1 fully saturated rings. The standard InChI is InChI=1S/C11H15ClN2OS/c1-7-6-8(4-5-13-7)14-11(15)9-2-3-10(12)16-9/h2-3,7-8,13H,4-6H2,1H3,(H,14,15). The lowest BCUT2D eigenvalue weighted by Crippen LogP contribution is -2.46. The van der Waals surface area contributed by atoms with Gasteiger partial charge in [0.15, 0.2) is 0 Å². The molecular weight excluding hydrogens is 244 g/mol. The van der Waals surface area contributed by atoms with Crippen LogP contribution in [0.2, 0.25) is 4.34 Å². The summed E-state index contributed by atoms with van der Waals surface area (Å²) in [5, 5.41) is 6.41. The molecule has 1 aromatic rings. The lowest BCUT2D eigenvalue weighted by atomic mass is 10.0. The Balaban J connectivity index is 1.92. The number of rotatable bonds is 2. The summed E-state index contributed by atoms with van der Waals surface area (Å²) in [5.74, 6) is -0.00370. The van der Waals surface area contributed by atoms with E-state index in [0.29, 0.717) is 15.3 Å². The molecule has 0 bridgehead atoms. The second-order valence-corrected chi connectivity index (χ2v) is 5.87. The Morgan fingerprint density at radius 3 is 3.06 bits per heavy atom. The molecule has 2 atom stereocenters. The molecule has 2 unspecified atom stereocenters. The van der Waals surface area contributed by atoms with Gasteiger partial charge in [0, 0.05) is 12.1 Å². The van der Waals surface area contributed by atoms with Gasteiger partial charge < -0.3 is 10.6 Å². The molecule has 88 valence electrons. The summed E-state index contributed by atoms with van der Waals surface area (Å²) in [6.07, 6.45) is 1.99. The predicted molar refractivity (Wildman–Crippen MR) is 67.3 cm³/mol. The molecular formula is C11H15ClN2OS. The molecule has 0 aliphatic carbocycles. The molecule has 3 nitrogen and oxygen atoms in total. The number of piperidine rings is 1. The number of amides is 1. The van der Waals surface area contributed by atoms with E-state index in [1.165, 1.54) is 11.3 Å². The van der Waals surface area contributed by atoms with Gasteiger partial charge in [0.05, 0.1) is 9.21 Å². The molecule has 2 heterocycles. The molecule has 1 saturated heterocycles. The summed E-state index contributed by atoms with van der Waals surface area (Å²) in [6, 6.07) is 4.29. The zero-order chi connectivity index (χ0) is 11.5. The molecule has 1 aliphatic rings. The van der Waals surface area contributed by atoms with Gasteiger partial charge in [0.2, 0.25) is 0 Å². The minimum atomic E-state index is -0.00370. The van der Waals surface area contributed by atoms with E-state index in [-0.39, 0.29) is 11.9 Å². The second-order valence-electron chi connectivity index (χ2n) is 4.15. The first-order chi connectivity index (χ1) is 7.65. The third-order valence-corrected chi connectivity index (χ3v) is 3.99. The number of hydrogen-bond acceptors (Lipinski definition) is 3. The molecule has 0 saturated carbocycles. The van der Waals surface area contributed by atoms with Crippen molar-refractivity contribution >= 4 is 28.8 Å². The van der Waals surface area contributed by atoms with Crippen LogP contribution in [0.1, 0.15) is 29.4 Å². The minimum Gasteiger partial charge on any atom is -0.349 e. The summed E-state index contributed by atoms with van der Waals surface area (Å²) in [6.45, 7) is 3.11. The van der Waals surface area contributed by atoms with Gasteiger partial charge >= 0.3 is 0 Å². The van der Waals surface area contributed by atoms with E-state index in [2.05, 4.69) is 17.6 Å². The maximum atomic E-state index is 11.9. The Morgan fingerprint density at radius 1 is 1.62 bits per heavy atom. The predicted octanol–water partition coefficient (Wildman–Crippen LogP) is 2.27. The van der Waals surface area contributed by atoms with Crippen LogP contribution in [0.15, 0.2) is 12.1 Å². The van der Waals surface area contributed by atoms with Gasteiger partial charge in [0.25, 0.3) is 5.91 Å². The van der Waals surface area contributed by atoms with Crippen molar-refractivity contribution in [3.63, 3.8) is 0 Å². The topological polar surface area (TPSA) is 41.1 Å². The van der Waals surface area contributed by atoms with Crippen LogP contribution in [0.5, 0.6) is 0 Å². The van der Waals surface area contributed by atoms with Crippen LogP contribution in [0, 0.1) is 0 Å². The van der Waals surface area contributed by atoms with Crippen LogP contribution in [-0.4, -0.2) is 24.5 Å². The number of halogens is 1. The van der Waals surface area contributed by atoms with E-state index < -0.39 is 0 Å². The number of carbonyl (C=O) groups is 1. The largest absolute Gasteiger partial charge is 0.349 e. The SMILES string of the molecule is CC1CC(NC(=O)c2ccc(Cl)s2)CCN1. The van der Waals surface area contributed by atoms with Gasteiger partial charge in [-0.2, -0.15) is 0 Å². The molecule has 0 spiro atoms. The lowest BCUT2D eigenvalue weighted by molar-refractivity contribution is 0.0930. The zero-order valence-electron chi connectivity index (χ0n) is 9.13. The Labute approximate surface area is 104 Å². The van der Waals surface area contributed by atoms with Crippen molar-refractivity contribution in [1.29, 1.82) is 0 Å². The Hall–Kier alpha value is -0.580. The van der Waals surface area contributed by atoms with E-state index in [1.54, 1.807) is 12.1 Å². The highest BCUT2D eigenvalue weighted by Crippen LogP contribution is 2.21. The Kier molecular flexibility index (Phi) is 3.84. The molecule has 2 rings (SSSR count). The molecule has 2 N–H and O–H groups in total. The summed E-state index contributed by atoms with van der Waals surface area (Å²) in [4.78, 5) is 12.5. The first-order valence-electron chi connectivity index (χ1n) is 5.45. The first-order valence-corrected chi connectivity index (χ1v) is 6.64. The lowest BCUT2D eigenvalue weighted by Gasteiger charge is -2.28. The van der Waals surface area contributed by atoms with Crippen molar-refractivity contribution in [3.05, 3.63) is 21.3 Å². The summed E-state index contributed by atoms with van der Waals surface area (Å²) < 4.78 is 0.656. The number of carbonyl (C=O) groups excluding carboxylic acids is 1. The smallest absolute Gasteiger partial charge is 0.261 e. The first kappa shape index (κ1) is 11.9. The number of nitrogens with one attached hydrogen (secondary N) is 2. The molecule has 0 aromatic carbocycles. The molecule has 1 amide bonds. The normalized spacial score (nSPS) is 25.4. The average Bonchev–Trinajstić information content (AvgIpc) is 2.65. The van der Waals surface area contributed by atoms with Crippen LogP contribution in [0.25, 0.3) is 0 Å². The van der Waals surface area contributed by atoms with Gasteiger partial charge in [-0.25, -0.2) is 0 Å². The van der Waals surface area contributed by atoms with Gasteiger partial charge in [-0.15, -0.1) is 11.3 Å². The van der Waals surface area contributed by atoms with Crippen LogP contribution in [-0.2, 0) is 0 Å². The molecule has 1 aliphatic heterocycles. The van der Waals surface area contributed by atoms with Crippen LogP contribution in [0.3, 0.4) is 0 Å².